The van der Waals surface area contributed by atoms with Crippen molar-refractivity contribution < 1.29 is 9.72 Å². The van der Waals surface area contributed by atoms with E-state index in [2.05, 4.69) is 21.2 Å². The minimum absolute atomic E-state index is 0.0229. The van der Waals surface area contributed by atoms with Crippen molar-refractivity contribution in [1.29, 1.82) is 0 Å². The second-order valence-corrected chi connectivity index (χ2v) is 8.55. The fourth-order valence-corrected chi connectivity index (χ4v) is 4.59. The Labute approximate surface area is 178 Å². The monoisotopic (exact) mass is 425 g/mol. The topological polar surface area (TPSA) is 91.6 Å². The molecule has 1 N–H and O–H groups in total. The van der Waals surface area contributed by atoms with E-state index in [9.17, 15) is 14.9 Å². The maximum Gasteiger partial charge on any atom is 0.269 e. The summed E-state index contributed by atoms with van der Waals surface area (Å²) < 4.78 is 1.21. The number of anilines is 1. The van der Waals surface area contributed by atoms with Crippen LogP contribution < -0.4 is 5.32 Å². The number of aromatic nitrogens is 1. The Morgan fingerprint density at radius 3 is 2.60 bits per heavy atom. The van der Waals surface area contributed by atoms with Crippen LogP contribution >= 0.6 is 11.3 Å². The first-order valence-corrected chi connectivity index (χ1v) is 10.6. The first-order valence-electron chi connectivity index (χ1n) is 9.82. The summed E-state index contributed by atoms with van der Waals surface area (Å²) in [5.74, 6) is -0.105. The standard InChI is InChI=1S/C21H23N5O3S/c1-15-12-16(26(28)29)6-7-17(15)22-20(27)13-24-8-10-25(11-9-24)14-21-23-18-4-2-3-5-19(18)30-21/h2-7,12H,8-11,13-14H2,1H3,(H,22,27). The summed E-state index contributed by atoms with van der Waals surface area (Å²) in [5.41, 5.74) is 2.36. The number of aryl methyl sites for hydroxylation is 1. The molecule has 0 aliphatic carbocycles. The van der Waals surface area contributed by atoms with Crippen molar-refractivity contribution in [3.05, 3.63) is 63.1 Å². The van der Waals surface area contributed by atoms with Crippen molar-refractivity contribution in [3.8, 4) is 0 Å². The lowest BCUT2D eigenvalue weighted by molar-refractivity contribution is -0.384. The summed E-state index contributed by atoms with van der Waals surface area (Å²) in [6, 6.07) is 12.6. The van der Waals surface area contributed by atoms with Crippen molar-refractivity contribution in [1.82, 2.24) is 14.8 Å². The highest BCUT2D eigenvalue weighted by Gasteiger charge is 2.20. The Hall–Kier alpha value is -2.88. The number of nitro groups is 1. The van der Waals surface area contributed by atoms with Gasteiger partial charge in [-0.15, -0.1) is 11.3 Å². The maximum absolute atomic E-state index is 12.4. The van der Waals surface area contributed by atoms with Gasteiger partial charge in [-0.1, -0.05) is 12.1 Å². The van der Waals surface area contributed by atoms with E-state index in [0.717, 1.165) is 43.2 Å². The van der Waals surface area contributed by atoms with E-state index in [1.54, 1.807) is 24.3 Å². The second-order valence-electron chi connectivity index (χ2n) is 7.43. The molecule has 2 heterocycles. The van der Waals surface area contributed by atoms with Gasteiger partial charge in [-0.25, -0.2) is 4.98 Å². The minimum atomic E-state index is -0.438. The molecule has 1 fully saturated rings. The van der Waals surface area contributed by atoms with Crippen LogP contribution in [0.25, 0.3) is 10.2 Å². The maximum atomic E-state index is 12.4. The predicted molar refractivity (Wildman–Crippen MR) is 118 cm³/mol. The number of carbonyl (C=O) groups is 1. The molecule has 0 radical (unpaired) electrons. The third-order valence-electron chi connectivity index (χ3n) is 5.22. The molecule has 9 heteroatoms. The molecule has 0 saturated carbocycles. The van der Waals surface area contributed by atoms with Gasteiger partial charge >= 0.3 is 0 Å². The molecular formula is C21H23N5O3S. The Balaban J connectivity index is 1.26. The highest BCUT2D eigenvalue weighted by Crippen LogP contribution is 2.23. The van der Waals surface area contributed by atoms with Crippen LogP contribution in [-0.2, 0) is 11.3 Å². The normalized spacial score (nSPS) is 15.4. The van der Waals surface area contributed by atoms with E-state index in [4.69, 9.17) is 4.98 Å². The number of fused-ring (bicyclic) bond motifs is 1. The average molecular weight is 426 g/mol. The van der Waals surface area contributed by atoms with Gasteiger partial charge in [0.15, 0.2) is 0 Å². The van der Waals surface area contributed by atoms with Crippen LogP contribution in [0.3, 0.4) is 0 Å². The number of piperazine rings is 1. The van der Waals surface area contributed by atoms with Crippen LogP contribution in [0.15, 0.2) is 42.5 Å². The van der Waals surface area contributed by atoms with Crippen LogP contribution in [0.1, 0.15) is 10.6 Å². The minimum Gasteiger partial charge on any atom is -0.325 e. The molecule has 4 rings (SSSR count). The summed E-state index contributed by atoms with van der Waals surface area (Å²) in [6.07, 6.45) is 0. The summed E-state index contributed by atoms with van der Waals surface area (Å²) in [7, 11) is 0. The lowest BCUT2D eigenvalue weighted by Crippen LogP contribution is -2.48. The molecule has 8 nitrogen and oxygen atoms in total. The molecule has 0 bridgehead atoms. The van der Waals surface area contributed by atoms with Crippen molar-refractivity contribution in [2.24, 2.45) is 0 Å². The van der Waals surface area contributed by atoms with Crippen LogP contribution in [0.2, 0.25) is 0 Å². The van der Waals surface area contributed by atoms with Crippen molar-refractivity contribution in [2.75, 3.05) is 38.0 Å². The molecule has 1 saturated heterocycles. The molecule has 0 atom stereocenters. The zero-order valence-electron chi connectivity index (χ0n) is 16.7. The van der Waals surface area contributed by atoms with Crippen molar-refractivity contribution >= 4 is 38.8 Å². The van der Waals surface area contributed by atoms with E-state index in [-0.39, 0.29) is 11.6 Å². The third kappa shape index (κ3) is 4.81. The molecular weight excluding hydrogens is 402 g/mol. The number of para-hydroxylation sites is 1. The highest BCUT2D eigenvalue weighted by atomic mass is 32.1. The van der Waals surface area contributed by atoms with Crippen LogP contribution in [0.4, 0.5) is 11.4 Å². The molecule has 1 aliphatic heterocycles. The number of nitrogens with one attached hydrogen (secondary N) is 1. The van der Waals surface area contributed by atoms with Crippen molar-refractivity contribution in [2.45, 2.75) is 13.5 Å². The quantitative estimate of drug-likeness (QED) is 0.481. The Kier molecular flexibility index (Phi) is 6.03. The van der Waals surface area contributed by atoms with Crippen LogP contribution in [0, 0.1) is 17.0 Å². The number of hydrogen-bond donors (Lipinski definition) is 1. The number of carbonyl (C=O) groups excluding carboxylic acids is 1. The van der Waals surface area contributed by atoms with Gasteiger partial charge < -0.3 is 5.32 Å². The number of rotatable bonds is 6. The fourth-order valence-electron chi connectivity index (χ4n) is 3.58. The largest absolute Gasteiger partial charge is 0.325 e. The Morgan fingerprint density at radius 1 is 1.17 bits per heavy atom. The summed E-state index contributed by atoms with van der Waals surface area (Å²) >= 11 is 1.74. The number of benzene rings is 2. The zero-order chi connectivity index (χ0) is 21.1. The number of thiazole rings is 1. The van der Waals surface area contributed by atoms with E-state index in [0.29, 0.717) is 17.8 Å². The number of nitro benzene ring substituents is 1. The molecule has 0 unspecified atom stereocenters. The number of nitrogens with zero attached hydrogens (tertiary/aromatic N) is 4. The number of hydrogen-bond acceptors (Lipinski definition) is 7. The van der Waals surface area contributed by atoms with Gasteiger partial charge in [0.1, 0.15) is 5.01 Å². The lowest BCUT2D eigenvalue weighted by Gasteiger charge is -2.33. The van der Waals surface area contributed by atoms with Gasteiger partial charge in [0.2, 0.25) is 5.91 Å². The number of non-ortho nitro benzene ring substituents is 1. The molecule has 1 aliphatic rings. The van der Waals surface area contributed by atoms with Gasteiger partial charge in [-0.05, 0) is 30.7 Å². The van der Waals surface area contributed by atoms with Crippen LogP contribution in [0.5, 0.6) is 0 Å². The fraction of sp³-hybridized carbons (Fsp3) is 0.333. The second kappa shape index (κ2) is 8.86. The predicted octanol–water partition coefficient (Wildman–Crippen LogP) is 3.27. The average Bonchev–Trinajstić information content (AvgIpc) is 3.13. The third-order valence-corrected chi connectivity index (χ3v) is 6.25. The van der Waals surface area contributed by atoms with E-state index in [1.807, 2.05) is 18.2 Å². The molecule has 3 aromatic rings. The first-order chi connectivity index (χ1) is 14.5. The Morgan fingerprint density at radius 2 is 1.90 bits per heavy atom. The van der Waals surface area contributed by atoms with Gasteiger partial charge in [0.05, 0.1) is 28.2 Å². The zero-order valence-corrected chi connectivity index (χ0v) is 17.5. The number of amides is 1. The molecule has 1 amide bonds. The van der Waals surface area contributed by atoms with E-state index < -0.39 is 4.92 Å². The molecule has 0 spiro atoms. The van der Waals surface area contributed by atoms with E-state index in [1.165, 1.54) is 16.8 Å². The SMILES string of the molecule is Cc1cc([N+](=O)[O-])ccc1NC(=O)CN1CCN(Cc2nc3ccccc3s2)CC1. The van der Waals surface area contributed by atoms with E-state index >= 15 is 0 Å². The molecule has 1 aromatic heterocycles. The van der Waals surface area contributed by atoms with Gasteiger partial charge in [0, 0.05) is 44.0 Å². The molecule has 2 aromatic carbocycles. The summed E-state index contributed by atoms with van der Waals surface area (Å²) in [4.78, 5) is 32.0. The van der Waals surface area contributed by atoms with Gasteiger partial charge in [-0.2, -0.15) is 0 Å². The van der Waals surface area contributed by atoms with Crippen molar-refractivity contribution in [3.63, 3.8) is 0 Å². The Bertz CT molecular complexity index is 1040. The summed E-state index contributed by atoms with van der Waals surface area (Å²) in [5, 5.41) is 14.8. The van der Waals surface area contributed by atoms with Gasteiger partial charge in [0.25, 0.3) is 5.69 Å². The molecule has 156 valence electrons. The highest BCUT2D eigenvalue weighted by molar-refractivity contribution is 7.18. The lowest BCUT2D eigenvalue weighted by atomic mass is 10.2. The van der Waals surface area contributed by atoms with Gasteiger partial charge in [-0.3, -0.25) is 24.7 Å². The smallest absolute Gasteiger partial charge is 0.269 e. The summed E-state index contributed by atoms with van der Waals surface area (Å²) in [6.45, 7) is 6.31. The molecule has 30 heavy (non-hydrogen) atoms. The first kappa shape index (κ1) is 20.4. The van der Waals surface area contributed by atoms with Crippen LogP contribution in [-0.4, -0.2) is 58.3 Å².